The lowest BCUT2D eigenvalue weighted by Gasteiger charge is -2.34. The molecule has 1 N–H and O–H groups in total. The maximum atomic E-state index is 13.6. The highest BCUT2D eigenvalue weighted by atomic mass is 19.1. The fraction of sp³-hybridized carbons (Fsp3) is 0.562. The summed E-state index contributed by atoms with van der Waals surface area (Å²) in [5, 5.41) is 3.38. The van der Waals surface area contributed by atoms with Gasteiger partial charge in [-0.15, -0.1) is 0 Å². The average Bonchev–Trinajstić information content (AvgIpc) is 2.48. The summed E-state index contributed by atoms with van der Waals surface area (Å²) in [6, 6.07) is 4.74. The minimum absolute atomic E-state index is 0.0320. The second-order valence-electron chi connectivity index (χ2n) is 5.78. The molecule has 5 heteroatoms. The van der Waals surface area contributed by atoms with Crippen LogP contribution in [0.1, 0.15) is 30.1 Å². The minimum Gasteiger partial charge on any atom is -0.465 e. The van der Waals surface area contributed by atoms with E-state index < -0.39 is 11.8 Å². The Morgan fingerprint density at radius 1 is 1.52 bits per heavy atom. The van der Waals surface area contributed by atoms with E-state index in [4.69, 9.17) is 0 Å². The highest BCUT2D eigenvalue weighted by Gasteiger charge is 2.23. The van der Waals surface area contributed by atoms with E-state index in [9.17, 15) is 9.18 Å². The SMILES string of the molecule is COC(=O)c1cc(NC(C)C2CCCN(C)C2)ccc1F. The van der Waals surface area contributed by atoms with Crippen molar-refractivity contribution in [1.82, 2.24) is 4.90 Å². The number of benzene rings is 1. The molecule has 1 aliphatic heterocycles. The summed E-state index contributed by atoms with van der Waals surface area (Å²) in [6.07, 6.45) is 2.38. The summed E-state index contributed by atoms with van der Waals surface area (Å²) < 4.78 is 18.2. The van der Waals surface area contributed by atoms with Gasteiger partial charge in [-0.3, -0.25) is 0 Å². The Bertz CT molecular complexity index is 507. The first-order valence-electron chi connectivity index (χ1n) is 7.34. The van der Waals surface area contributed by atoms with Crippen LogP contribution < -0.4 is 5.32 Å². The molecule has 1 aromatic carbocycles. The quantitative estimate of drug-likeness (QED) is 0.867. The molecule has 2 rings (SSSR count). The maximum Gasteiger partial charge on any atom is 0.340 e. The first-order valence-corrected chi connectivity index (χ1v) is 7.34. The van der Waals surface area contributed by atoms with Crippen LogP contribution in [-0.4, -0.2) is 44.2 Å². The van der Waals surface area contributed by atoms with Crippen molar-refractivity contribution in [3.05, 3.63) is 29.6 Å². The predicted octanol–water partition coefficient (Wildman–Crippen LogP) is 2.75. The van der Waals surface area contributed by atoms with Gasteiger partial charge in [-0.25, -0.2) is 9.18 Å². The molecule has 0 saturated carbocycles. The number of halogens is 1. The van der Waals surface area contributed by atoms with Crippen molar-refractivity contribution >= 4 is 11.7 Å². The minimum atomic E-state index is -0.652. The number of carbonyl (C=O) groups excluding carboxylic acids is 1. The molecule has 4 nitrogen and oxygen atoms in total. The van der Waals surface area contributed by atoms with Crippen LogP contribution in [0.15, 0.2) is 18.2 Å². The van der Waals surface area contributed by atoms with Gasteiger partial charge >= 0.3 is 5.97 Å². The van der Waals surface area contributed by atoms with Crippen molar-refractivity contribution in [2.75, 3.05) is 32.6 Å². The van der Waals surface area contributed by atoms with E-state index in [1.807, 2.05) is 0 Å². The van der Waals surface area contributed by atoms with E-state index in [0.717, 1.165) is 18.8 Å². The lowest BCUT2D eigenvalue weighted by molar-refractivity contribution is 0.0595. The average molecular weight is 294 g/mol. The van der Waals surface area contributed by atoms with Crippen molar-refractivity contribution in [3.63, 3.8) is 0 Å². The van der Waals surface area contributed by atoms with Crippen molar-refractivity contribution in [2.24, 2.45) is 5.92 Å². The van der Waals surface area contributed by atoms with Gasteiger partial charge in [-0.1, -0.05) is 0 Å². The molecule has 0 aliphatic carbocycles. The maximum absolute atomic E-state index is 13.6. The van der Waals surface area contributed by atoms with Gasteiger partial charge < -0.3 is 15.0 Å². The van der Waals surface area contributed by atoms with Crippen LogP contribution in [-0.2, 0) is 4.74 Å². The molecule has 0 radical (unpaired) electrons. The number of hydrogen-bond acceptors (Lipinski definition) is 4. The van der Waals surface area contributed by atoms with Crippen LogP contribution >= 0.6 is 0 Å². The van der Waals surface area contributed by atoms with Gasteiger partial charge in [0.25, 0.3) is 0 Å². The van der Waals surface area contributed by atoms with Gasteiger partial charge in [0.15, 0.2) is 0 Å². The Hall–Kier alpha value is -1.62. The molecule has 116 valence electrons. The van der Waals surface area contributed by atoms with Gasteiger partial charge in [0, 0.05) is 18.3 Å². The Balaban J connectivity index is 2.06. The first-order chi connectivity index (χ1) is 10.0. The molecule has 1 saturated heterocycles. The normalized spacial score (nSPS) is 20.9. The lowest BCUT2D eigenvalue weighted by atomic mass is 9.91. The summed E-state index contributed by atoms with van der Waals surface area (Å²) in [5.41, 5.74) is 0.716. The number of esters is 1. The van der Waals surface area contributed by atoms with E-state index >= 15 is 0 Å². The largest absolute Gasteiger partial charge is 0.465 e. The third-order valence-electron chi connectivity index (χ3n) is 4.13. The van der Waals surface area contributed by atoms with Gasteiger partial charge in [0.2, 0.25) is 0 Å². The van der Waals surface area contributed by atoms with E-state index in [1.165, 1.54) is 32.1 Å². The number of ether oxygens (including phenoxy) is 1. The summed E-state index contributed by atoms with van der Waals surface area (Å²) in [6.45, 7) is 4.33. The molecule has 21 heavy (non-hydrogen) atoms. The molecule has 1 aromatic rings. The van der Waals surface area contributed by atoms with E-state index in [-0.39, 0.29) is 11.6 Å². The number of hydrogen-bond donors (Lipinski definition) is 1. The molecule has 0 aromatic heterocycles. The van der Waals surface area contributed by atoms with E-state index in [2.05, 4.69) is 28.9 Å². The van der Waals surface area contributed by atoms with Crippen molar-refractivity contribution in [3.8, 4) is 0 Å². The van der Waals surface area contributed by atoms with Crippen LogP contribution in [0.5, 0.6) is 0 Å². The fourth-order valence-electron chi connectivity index (χ4n) is 2.88. The summed E-state index contributed by atoms with van der Waals surface area (Å²) in [4.78, 5) is 13.9. The van der Waals surface area contributed by atoms with E-state index in [0.29, 0.717) is 5.92 Å². The third-order valence-corrected chi connectivity index (χ3v) is 4.13. The van der Waals surface area contributed by atoms with Crippen molar-refractivity contribution in [2.45, 2.75) is 25.8 Å². The standard InChI is InChI=1S/C16H23FN2O2/c1-11(12-5-4-8-19(2)10-12)18-13-6-7-15(17)14(9-13)16(20)21-3/h6-7,9,11-12,18H,4-5,8,10H2,1-3H3. The number of piperidine rings is 1. The van der Waals surface area contributed by atoms with Crippen molar-refractivity contribution in [1.29, 1.82) is 0 Å². The van der Waals surface area contributed by atoms with Crippen LogP contribution in [0.3, 0.4) is 0 Å². The summed E-state index contributed by atoms with van der Waals surface area (Å²) in [5.74, 6) is -0.658. The highest BCUT2D eigenvalue weighted by Crippen LogP contribution is 2.23. The van der Waals surface area contributed by atoms with Gasteiger partial charge in [0.1, 0.15) is 5.82 Å². The Labute approximate surface area is 125 Å². The van der Waals surface area contributed by atoms with Crippen LogP contribution in [0, 0.1) is 11.7 Å². The summed E-state index contributed by atoms with van der Waals surface area (Å²) in [7, 11) is 3.38. The zero-order valence-electron chi connectivity index (χ0n) is 12.9. The lowest BCUT2D eigenvalue weighted by Crippen LogP contribution is -2.39. The van der Waals surface area contributed by atoms with Crippen molar-refractivity contribution < 1.29 is 13.9 Å². The third kappa shape index (κ3) is 3.94. The zero-order chi connectivity index (χ0) is 15.4. The molecule has 1 aliphatic rings. The predicted molar refractivity (Wildman–Crippen MR) is 81.0 cm³/mol. The number of nitrogens with zero attached hydrogens (tertiary/aromatic N) is 1. The first kappa shape index (κ1) is 15.8. The van der Waals surface area contributed by atoms with E-state index in [1.54, 1.807) is 6.07 Å². The fourth-order valence-corrected chi connectivity index (χ4v) is 2.88. The molecule has 1 heterocycles. The zero-order valence-corrected chi connectivity index (χ0v) is 12.9. The number of methoxy groups -OCH3 is 1. The number of carbonyl (C=O) groups is 1. The smallest absolute Gasteiger partial charge is 0.340 e. The Morgan fingerprint density at radius 3 is 2.95 bits per heavy atom. The molecule has 2 atom stereocenters. The van der Waals surface area contributed by atoms with Crippen LogP contribution in [0.25, 0.3) is 0 Å². The van der Waals surface area contributed by atoms with Gasteiger partial charge in [0.05, 0.1) is 12.7 Å². The molecular formula is C16H23FN2O2. The Kier molecular flexibility index (Phi) is 5.17. The second-order valence-corrected chi connectivity index (χ2v) is 5.78. The molecule has 1 fully saturated rings. The van der Waals surface area contributed by atoms with Gasteiger partial charge in [-0.2, -0.15) is 0 Å². The second kappa shape index (κ2) is 6.89. The number of nitrogens with one attached hydrogen (secondary N) is 1. The topological polar surface area (TPSA) is 41.6 Å². The Morgan fingerprint density at radius 2 is 2.29 bits per heavy atom. The van der Waals surface area contributed by atoms with Crippen LogP contribution in [0.4, 0.5) is 10.1 Å². The number of rotatable bonds is 4. The van der Waals surface area contributed by atoms with Crippen LogP contribution in [0.2, 0.25) is 0 Å². The molecule has 0 spiro atoms. The summed E-state index contributed by atoms with van der Waals surface area (Å²) >= 11 is 0. The highest BCUT2D eigenvalue weighted by molar-refractivity contribution is 5.90. The molecular weight excluding hydrogens is 271 g/mol. The molecule has 2 unspecified atom stereocenters. The number of anilines is 1. The van der Waals surface area contributed by atoms with Gasteiger partial charge in [-0.05, 0) is 57.5 Å². The molecule has 0 bridgehead atoms. The number of likely N-dealkylation sites (tertiary alicyclic amines) is 1. The monoisotopic (exact) mass is 294 g/mol. The molecule has 0 amide bonds.